The van der Waals surface area contributed by atoms with E-state index in [4.69, 9.17) is 0 Å². The third-order valence-corrected chi connectivity index (χ3v) is 16.2. The highest BCUT2D eigenvalue weighted by Crippen LogP contribution is 2.57. The van der Waals surface area contributed by atoms with Gasteiger partial charge in [-0.1, -0.05) is 155 Å². The molecule has 2 nitrogen and oxygen atoms in total. The highest BCUT2D eigenvalue weighted by atomic mass is 15.0. The Balaban J connectivity index is 1.000. The maximum Gasteiger partial charge on any atom is 0.0582 e. The van der Waals surface area contributed by atoms with Crippen LogP contribution >= 0.6 is 0 Å². The van der Waals surface area contributed by atoms with Crippen molar-refractivity contribution in [3.8, 4) is 44.8 Å². The zero-order valence-corrected chi connectivity index (χ0v) is 38.0. The number of nitrogens with zero attached hydrogens (tertiary/aromatic N) is 2. The third kappa shape index (κ3) is 5.19. The minimum absolute atomic E-state index is 0.207. The maximum absolute atomic E-state index is 2.67. The van der Waals surface area contributed by atoms with E-state index >= 15 is 0 Å². The lowest BCUT2D eigenvalue weighted by molar-refractivity contribution is 0.594. The lowest BCUT2D eigenvalue weighted by atomic mass is 9.68. The van der Waals surface area contributed by atoms with Gasteiger partial charge in [-0.15, -0.1) is 0 Å². The lowest BCUT2D eigenvalue weighted by Gasteiger charge is -2.42. The normalized spacial score (nSPS) is 16.2. The number of para-hydroxylation sites is 3. The van der Waals surface area contributed by atoms with Crippen LogP contribution in [-0.2, 0) is 23.7 Å². The molecule has 1 unspecified atom stereocenters. The van der Waals surface area contributed by atoms with Crippen molar-refractivity contribution in [2.24, 2.45) is 0 Å². The van der Waals surface area contributed by atoms with Crippen LogP contribution in [0.4, 0.5) is 0 Å². The van der Waals surface area contributed by atoms with E-state index in [1.54, 1.807) is 0 Å². The molecule has 0 spiro atoms. The number of benzene rings is 9. The Morgan fingerprint density at radius 3 is 1.76 bits per heavy atom. The van der Waals surface area contributed by atoms with Crippen molar-refractivity contribution in [3.05, 3.63) is 227 Å². The van der Waals surface area contributed by atoms with Crippen molar-refractivity contribution in [3.63, 3.8) is 0 Å². The molecule has 0 saturated heterocycles. The molecule has 66 heavy (non-hydrogen) atoms. The zero-order valence-electron chi connectivity index (χ0n) is 38.0. The Morgan fingerprint density at radius 2 is 1.03 bits per heavy atom. The fourth-order valence-corrected chi connectivity index (χ4v) is 12.8. The average molecular weight is 847 g/mol. The van der Waals surface area contributed by atoms with Crippen molar-refractivity contribution < 1.29 is 0 Å². The van der Waals surface area contributed by atoms with Gasteiger partial charge in [-0.2, -0.15) is 0 Å². The zero-order chi connectivity index (χ0) is 44.1. The summed E-state index contributed by atoms with van der Waals surface area (Å²) in [6, 6.07) is 71.7. The van der Waals surface area contributed by atoms with Crippen LogP contribution in [0.1, 0.15) is 79.0 Å². The molecule has 1 atom stereocenters. The molecule has 11 aromatic rings. The Kier molecular flexibility index (Phi) is 7.79. The van der Waals surface area contributed by atoms with E-state index in [9.17, 15) is 0 Å². The minimum Gasteiger partial charge on any atom is -0.309 e. The highest BCUT2D eigenvalue weighted by molar-refractivity contribution is 6.17. The molecule has 0 amide bonds. The molecule has 0 saturated carbocycles. The number of rotatable bonds is 5. The molecule has 0 fully saturated rings. The standard InChI is InChI=1S/C64H50N2/c1-63(2)54-23-15-24-55-62(54)66-60-52(35-44(37-56(60)63)41-28-26-40-27-29-43(32-39-16-7-5-8-17-39)47-20-11-12-21-48(47)50(40)33-41)53-36-45(38-57(61(53)66)64(55,3)4)42-30-31-59-51(34-42)49-22-13-14-25-58(49)65(59)46-18-9-6-10-19-46/h5-26,28,30-31,33-38,43H,27,29,32H2,1-4H3. The van der Waals surface area contributed by atoms with Gasteiger partial charge >= 0.3 is 0 Å². The van der Waals surface area contributed by atoms with Crippen LogP contribution in [0, 0.1) is 0 Å². The van der Waals surface area contributed by atoms with Gasteiger partial charge in [0.2, 0.25) is 0 Å². The van der Waals surface area contributed by atoms with Crippen LogP contribution in [-0.4, -0.2) is 9.13 Å². The Morgan fingerprint density at radius 1 is 0.439 bits per heavy atom. The van der Waals surface area contributed by atoms with Gasteiger partial charge in [-0.3, -0.25) is 0 Å². The monoisotopic (exact) mass is 846 g/mol. The van der Waals surface area contributed by atoms with Crippen molar-refractivity contribution in [1.82, 2.24) is 9.13 Å². The van der Waals surface area contributed by atoms with Crippen LogP contribution in [0.3, 0.4) is 0 Å². The maximum atomic E-state index is 2.67. The molecule has 1 aliphatic carbocycles. The van der Waals surface area contributed by atoms with Crippen molar-refractivity contribution in [2.45, 2.75) is 63.7 Å². The van der Waals surface area contributed by atoms with E-state index in [0.717, 1.165) is 19.3 Å². The van der Waals surface area contributed by atoms with E-state index in [2.05, 4.69) is 225 Å². The first-order valence-corrected chi connectivity index (χ1v) is 23.9. The van der Waals surface area contributed by atoms with Crippen LogP contribution < -0.4 is 0 Å². The van der Waals surface area contributed by atoms with Crippen LogP contribution in [0.25, 0.3) is 88.4 Å². The van der Waals surface area contributed by atoms with Gasteiger partial charge in [0.25, 0.3) is 0 Å². The summed E-state index contributed by atoms with van der Waals surface area (Å²) in [5.41, 5.74) is 25.1. The van der Waals surface area contributed by atoms with Crippen LogP contribution in [0.15, 0.2) is 188 Å². The molecule has 2 aromatic heterocycles. The second-order valence-corrected chi connectivity index (χ2v) is 20.4. The fraction of sp³-hybridized carbons (Fsp3) is 0.156. The molecular formula is C64H50N2. The Bertz CT molecular complexity index is 3840. The Labute approximate surface area is 386 Å². The van der Waals surface area contributed by atoms with E-state index in [-0.39, 0.29) is 10.8 Å². The van der Waals surface area contributed by atoms with E-state index in [1.165, 1.54) is 127 Å². The largest absolute Gasteiger partial charge is 0.309 e. The van der Waals surface area contributed by atoms with E-state index < -0.39 is 0 Å². The van der Waals surface area contributed by atoms with Crippen molar-refractivity contribution >= 4 is 43.6 Å². The van der Waals surface area contributed by atoms with Crippen molar-refractivity contribution in [1.29, 1.82) is 0 Å². The van der Waals surface area contributed by atoms with E-state index in [1.807, 2.05) is 0 Å². The van der Waals surface area contributed by atoms with Gasteiger partial charge in [-0.25, -0.2) is 0 Å². The minimum atomic E-state index is -0.212. The quantitative estimate of drug-likeness (QED) is 0.163. The van der Waals surface area contributed by atoms with E-state index in [0.29, 0.717) is 5.92 Å². The van der Waals surface area contributed by atoms with Crippen LogP contribution in [0.5, 0.6) is 0 Å². The molecular weight excluding hydrogens is 797 g/mol. The molecule has 14 rings (SSSR count). The second-order valence-electron chi connectivity index (χ2n) is 20.4. The molecule has 0 N–H and O–H groups in total. The summed E-state index contributed by atoms with van der Waals surface area (Å²) >= 11 is 0. The Hall–Kier alpha value is -7.42. The first-order chi connectivity index (χ1) is 32.2. The number of hydrogen-bond donors (Lipinski definition) is 0. The van der Waals surface area contributed by atoms with Gasteiger partial charge in [0, 0.05) is 38.1 Å². The third-order valence-electron chi connectivity index (χ3n) is 16.2. The smallest absolute Gasteiger partial charge is 0.0582 e. The number of fused-ring (bicyclic) bond motifs is 7. The average Bonchev–Trinajstić information content (AvgIpc) is 3.81. The summed E-state index contributed by atoms with van der Waals surface area (Å²) in [6.07, 6.45) is 3.28. The van der Waals surface area contributed by atoms with Gasteiger partial charge in [-0.05, 0) is 158 Å². The fourth-order valence-electron chi connectivity index (χ4n) is 12.8. The molecule has 2 aliphatic heterocycles. The summed E-state index contributed by atoms with van der Waals surface area (Å²) in [5, 5.41) is 5.23. The van der Waals surface area contributed by atoms with Gasteiger partial charge in [0.15, 0.2) is 0 Å². The van der Waals surface area contributed by atoms with Gasteiger partial charge in [0.1, 0.15) is 0 Å². The number of aromatic nitrogens is 2. The molecule has 9 aromatic carbocycles. The summed E-state index contributed by atoms with van der Waals surface area (Å²) in [6.45, 7) is 9.81. The van der Waals surface area contributed by atoms with Gasteiger partial charge in [0.05, 0.1) is 27.8 Å². The summed E-state index contributed by atoms with van der Waals surface area (Å²) < 4.78 is 5.08. The molecule has 2 heteroatoms. The molecule has 316 valence electrons. The number of aryl methyl sites for hydroxylation is 1. The predicted molar refractivity (Wildman–Crippen MR) is 277 cm³/mol. The predicted octanol–water partition coefficient (Wildman–Crippen LogP) is 16.4. The SMILES string of the molecule is CC1(C)c2cccc3c2-n2c4c1cc(-c1ccc5c(c1)-c1ccccc1C(Cc1ccccc1)CC5)cc4c1cc(-c4ccc5c(c4)c4ccccc4n5-c4ccccc4)cc(c12)C3(C)C. The highest BCUT2D eigenvalue weighted by Gasteiger charge is 2.44. The molecule has 0 radical (unpaired) electrons. The first-order valence-electron chi connectivity index (χ1n) is 23.9. The van der Waals surface area contributed by atoms with Crippen LogP contribution in [0.2, 0.25) is 0 Å². The first kappa shape index (κ1) is 37.9. The lowest BCUT2D eigenvalue weighted by Crippen LogP contribution is -2.33. The second kappa shape index (κ2) is 13.6. The summed E-state index contributed by atoms with van der Waals surface area (Å²) in [7, 11) is 0. The topological polar surface area (TPSA) is 9.86 Å². The molecule has 0 bridgehead atoms. The summed E-state index contributed by atoms with van der Waals surface area (Å²) in [4.78, 5) is 0. The van der Waals surface area contributed by atoms with Gasteiger partial charge < -0.3 is 9.13 Å². The van der Waals surface area contributed by atoms with Crippen molar-refractivity contribution in [2.75, 3.05) is 0 Å². The molecule has 3 aliphatic rings. The summed E-state index contributed by atoms with van der Waals surface area (Å²) in [5.74, 6) is 0.475. The molecule has 4 heterocycles. The number of hydrogen-bond acceptors (Lipinski definition) is 0.